The van der Waals surface area contributed by atoms with Crippen LogP contribution in [0.3, 0.4) is 0 Å². The van der Waals surface area contributed by atoms with Gasteiger partial charge in [0.25, 0.3) is 0 Å². The highest BCUT2D eigenvalue weighted by atomic mass is 16.5. The monoisotopic (exact) mass is 373 g/mol. The molecular weight excluding hydrogens is 346 g/mol. The molecule has 0 unspecified atom stereocenters. The van der Waals surface area contributed by atoms with E-state index in [0.717, 1.165) is 24.0 Å². The third-order valence-corrected chi connectivity index (χ3v) is 5.04. The Bertz CT molecular complexity index is 735. The summed E-state index contributed by atoms with van der Waals surface area (Å²) in [4.78, 5) is 36.1. The number of benzene rings is 1. The Morgan fingerprint density at radius 2 is 1.67 bits per heavy atom. The summed E-state index contributed by atoms with van der Waals surface area (Å²) in [6.07, 6.45) is 2.60. The predicted octanol–water partition coefficient (Wildman–Crippen LogP) is 4.03. The van der Waals surface area contributed by atoms with E-state index in [1.165, 1.54) is 0 Å². The van der Waals surface area contributed by atoms with Gasteiger partial charge in [-0.3, -0.25) is 9.59 Å². The zero-order chi connectivity index (χ0) is 20.0. The van der Waals surface area contributed by atoms with E-state index >= 15 is 0 Å². The highest BCUT2D eigenvalue weighted by molar-refractivity contribution is 5.96. The highest BCUT2D eigenvalue weighted by Gasteiger charge is 2.37. The molecule has 1 aromatic carbocycles. The van der Waals surface area contributed by atoms with Gasteiger partial charge in [0, 0.05) is 5.69 Å². The summed E-state index contributed by atoms with van der Waals surface area (Å²) in [6, 6.07) is 6.44. The van der Waals surface area contributed by atoms with Crippen molar-refractivity contribution in [2.75, 3.05) is 11.9 Å². The number of carboxylic acid groups (broad SMARTS) is 1. The molecule has 27 heavy (non-hydrogen) atoms. The average molecular weight is 373 g/mol. The summed E-state index contributed by atoms with van der Waals surface area (Å²) in [6.45, 7) is 6.26. The lowest BCUT2D eigenvalue weighted by atomic mass is 9.76. The van der Waals surface area contributed by atoms with Gasteiger partial charge in [-0.1, -0.05) is 24.5 Å². The third kappa shape index (κ3) is 5.42. The number of allylic oxidation sites excluding steroid dienone is 2. The topological polar surface area (TPSA) is 92.7 Å². The molecule has 0 spiro atoms. The van der Waals surface area contributed by atoms with Crippen molar-refractivity contribution in [1.29, 1.82) is 0 Å². The fraction of sp³-hybridized carbons (Fsp3) is 0.476. The molecule has 1 aliphatic rings. The molecule has 2 atom stereocenters. The van der Waals surface area contributed by atoms with Crippen LogP contribution in [-0.2, 0) is 14.3 Å². The minimum Gasteiger partial charge on any atom is -0.481 e. The van der Waals surface area contributed by atoms with Crippen molar-refractivity contribution >= 4 is 23.5 Å². The molecule has 0 radical (unpaired) electrons. The van der Waals surface area contributed by atoms with E-state index in [9.17, 15) is 19.5 Å². The van der Waals surface area contributed by atoms with Gasteiger partial charge in [-0.2, -0.15) is 0 Å². The normalized spacial score (nSPS) is 19.5. The first kappa shape index (κ1) is 20.7. The molecular formula is C21H27NO5. The minimum absolute atomic E-state index is 0.312. The van der Waals surface area contributed by atoms with Crippen LogP contribution in [0.1, 0.15) is 56.8 Å². The van der Waals surface area contributed by atoms with E-state index in [2.05, 4.69) is 5.32 Å². The standard InChI is InChI=1S/C21H27NO5/c1-4-5-10-27-21(26)15-6-8-16(9-7-15)22-19(23)17-11-13(2)14(3)12-18(17)20(24)25/h6-9,17-18H,4-5,10-12H2,1-3H3,(H,22,23)(H,24,25)/t17-,18-/m1/s1. The van der Waals surface area contributed by atoms with Gasteiger partial charge in [0.05, 0.1) is 24.0 Å². The van der Waals surface area contributed by atoms with Crippen LogP contribution in [0.15, 0.2) is 35.4 Å². The Labute approximate surface area is 159 Å². The van der Waals surface area contributed by atoms with E-state index in [0.29, 0.717) is 30.7 Å². The van der Waals surface area contributed by atoms with Gasteiger partial charge < -0.3 is 15.2 Å². The van der Waals surface area contributed by atoms with E-state index < -0.39 is 23.8 Å². The fourth-order valence-electron chi connectivity index (χ4n) is 3.14. The number of aliphatic carboxylic acids is 1. The maximum atomic E-state index is 12.6. The molecule has 0 fully saturated rings. The van der Waals surface area contributed by atoms with Gasteiger partial charge in [0.1, 0.15) is 0 Å². The van der Waals surface area contributed by atoms with Crippen molar-refractivity contribution in [3.05, 3.63) is 41.0 Å². The lowest BCUT2D eigenvalue weighted by Gasteiger charge is -2.29. The minimum atomic E-state index is -0.952. The predicted molar refractivity (Wildman–Crippen MR) is 102 cm³/mol. The lowest BCUT2D eigenvalue weighted by molar-refractivity contribution is -0.146. The molecule has 6 heteroatoms. The smallest absolute Gasteiger partial charge is 0.338 e. The zero-order valence-corrected chi connectivity index (χ0v) is 16.1. The Morgan fingerprint density at radius 1 is 1.07 bits per heavy atom. The molecule has 0 aliphatic heterocycles. The van der Waals surface area contributed by atoms with Crippen LogP contribution in [0.25, 0.3) is 0 Å². The second-order valence-corrected chi connectivity index (χ2v) is 7.08. The van der Waals surface area contributed by atoms with Gasteiger partial charge in [0.15, 0.2) is 0 Å². The molecule has 0 aromatic heterocycles. The van der Waals surface area contributed by atoms with Gasteiger partial charge >= 0.3 is 11.9 Å². The molecule has 2 N–H and O–H groups in total. The molecule has 1 aliphatic carbocycles. The number of rotatable bonds is 7. The quantitative estimate of drug-likeness (QED) is 0.428. The first-order valence-corrected chi connectivity index (χ1v) is 9.29. The summed E-state index contributed by atoms with van der Waals surface area (Å²) in [5.41, 5.74) is 3.05. The van der Waals surface area contributed by atoms with E-state index in [4.69, 9.17) is 4.74 Å². The van der Waals surface area contributed by atoms with E-state index in [1.807, 2.05) is 20.8 Å². The maximum absolute atomic E-state index is 12.6. The second-order valence-electron chi connectivity index (χ2n) is 7.08. The molecule has 0 saturated heterocycles. The molecule has 0 heterocycles. The number of hydrogen-bond acceptors (Lipinski definition) is 4. The van der Waals surface area contributed by atoms with Gasteiger partial charge in [0.2, 0.25) is 5.91 Å². The molecule has 1 amide bonds. The lowest BCUT2D eigenvalue weighted by Crippen LogP contribution is -2.36. The van der Waals surface area contributed by atoms with Crippen LogP contribution in [-0.4, -0.2) is 29.6 Å². The number of unbranched alkanes of at least 4 members (excludes halogenated alkanes) is 1. The van der Waals surface area contributed by atoms with Crippen LogP contribution >= 0.6 is 0 Å². The maximum Gasteiger partial charge on any atom is 0.338 e. The number of amides is 1. The number of nitrogens with one attached hydrogen (secondary N) is 1. The number of carbonyl (C=O) groups is 3. The van der Waals surface area contributed by atoms with Crippen LogP contribution in [0.2, 0.25) is 0 Å². The second kappa shape index (κ2) is 9.35. The Balaban J connectivity index is 2.02. The highest BCUT2D eigenvalue weighted by Crippen LogP contribution is 2.35. The number of carboxylic acids is 1. The summed E-state index contributed by atoms with van der Waals surface area (Å²) < 4.78 is 5.15. The van der Waals surface area contributed by atoms with Crippen molar-refractivity contribution < 1.29 is 24.2 Å². The van der Waals surface area contributed by atoms with E-state index in [-0.39, 0.29) is 5.91 Å². The molecule has 0 saturated carbocycles. The number of ether oxygens (including phenoxy) is 1. The molecule has 146 valence electrons. The molecule has 2 rings (SSSR count). The van der Waals surface area contributed by atoms with Gasteiger partial charge in [-0.05, 0) is 57.4 Å². The first-order valence-electron chi connectivity index (χ1n) is 9.29. The van der Waals surface area contributed by atoms with Crippen molar-refractivity contribution in [3.8, 4) is 0 Å². The van der Waals surface area contributed by atoms with Crippen molar-refractivity contribution in [2.24, 2.45) is 11.8 Å². The van der Waals surface area contributed by atoms with Crippen molar-refractivity contribution in [1.82, 2.24) is 0 Å². The van der Waals surface area contributed by atoms with Crippen molar-refractivity contribution in [2.45, 2.75) is 46.5 Å². The average Bonchev–Trinajstić information content (AvgIpc) is 2.64. The third-order valence-electron chi connectivity index (χ3n) is 5.04. The van der Waals surface area contributed by atoms with Gasteiger partial charge in [-0.15, -0.1) is 0 Å². The number of anilines is 1. The Hall–Kier alpha value is -2.63. The summed E-state index contributed by atoms with van der Waals surface area (Å²) in [5, 5.41) is 12.2. The Morgan fingerprint density at radius 3 is 2.22 bits per heavy atom. The summed E-state index contributed by atoms with van der Waals surface area (Å²) in [5.74, 6) is -2.98. The molecule has 6 nitrogen and oxygen atoms in total. The number of hydrogen-bond donors (Lipinski definition) is 2. The fourth-order valence-corrected chi connectivity index (χ4v) is 3.14. The SMILES string of the molecule is CCCCOC(=O)c1ccc(NC(=O)[C@@H]2CC(C)=C(C)C[C@H]2C(=O)O)cc1. The number of esters is 1. The van der Waals surface area contributed by atoms with E-state index in [1.54, 1.807) is 24.3 Å². The van der Waals surface area contributed by atoms with Crippen LogP contribution in [0.4, 0.5) is 5.69 Å². The summed E-state index contributed by atoms with van der Waals surface area (Å²) in [7, 11) is 0. The van der Waals surface area contributed by atoms with Crippen LogP contribution in [0.5, 0.6) is 0 Å². The Kier molecular flexibility index (Phi) is 7.16. The largest absolute Gasteiger partial charge is 0.481 e. The first-order chi connectivity index (χ1) is 12.8. The van der Waals surface area contributed by atoms with Crippen LogP contribution in [0, 0.1) is 11.8 Å². The van der Waals surface area contributed by atoms with Crippen LogP contribution < -0.4 is 5.32 Å². The zero-order valence-electron chi connectivity index (χ0n) is 16.1. The van der Waals surface area contributed by atoms with Gasteiger partial charge in [-0.25, -0.2) is 4.79 Å². The van der Waals surface area contributed by atoms with Crippen molar-refractivity contribution in [3.63, 3.8) is 0 Å². The molecule has 1 aromatic rings. The summed E-state index contributed by atoms with van der Waals surface area (Å²) >= 11 is 0. The number of carbonyl (C=O) groups excluding carboxylic acids is 2. The molecule has 0 bridgehead atoms.